The zero-order valence-electron chi connectivity index (χ0n) is 6.07. The molecule has 0 fully saturated rings. The third kappa shape index (κ3) is 1.19. The Bertz CT molecular complexity index is 304. The Morgan fingerprint density at radius 3 is 2.73 bits per heavy atom. The zero-order valence-corrected chi connectivity index (χ0v) is 6.07. The number of nitrogens with zero attached hydrogens (tertiary/aromatic N) is 2. The molecule has 1 aliphatic carbocycles. The minimum absolute atomic E-state index is 0.726. The van der Waals surface area contributed by atoms with Crippen molar-refractivity contribution in [2.45, 2.75) is 0 Å². The summed E-state index contributed by atoms with van der Waals surface area (Å²) in [6, 6.07) is 0. The molecule has 0 aromatic carbocycles. The molecule has 0 radical (unpaired) electrons. The summed E-state index contributed by atoms with van der Waals surface area (Å²) in [6.07, 6.45) is 12.0. The van der Waals surface area contributed by atoms with Crippen molar-refractivity contribution in [1.29, 1.82) is 0 Å². The molecule has 0 atom stereocenters. The van der Waals surface area contributed by atoms with Crippen molar-refractivity contribution in [2.24, 2.45) is 10.2 Å². The van der Waals surface area contributed by atoms with E-state index in [2.05, 4.69) is 16.3 Å². The smallest absolute Gasteiger partial charge is 0.0904 e. The maximum absolute atomic E-state index is 3.99. The Kier molecular flexibility index (Phi) is 1.52. The van der Waals surface area contributed by atoms with Crippen LogP contribution in [0.5, 0.6) is 0 Å². The second-order valence-corrected chi connectivity index (χ2v) is 2.41. The van der Waals surface area contributed by atoms with Gasteiger partial charge >= 0.3 is 0 Å². The molecular weight excluding hydrogens is 136 g/mol. The second-order valence-electron chi connectivity index (χ2n) is 2.41. The maximum atomic E-state index is 3.99. The average molecular weight is 144 g/mol. The highest BCUT2D eigenvalue weighted by molar-refractivity contribution is 5.40. The molecular formula is C9H8N2. The van der Waals surface area contributed by atoms with Crippen molar-refractivity contribution in [3.63, 3.8) is 0 Å². The van der Waals surface area contributed by atoms with Crippen molar-refractivity contribution in [3.8, 4) is 0 Å². The molecule has 0 saturated carbocycles. The third-order valence-corrected chi connectivity index (χ3v) is 1.63. The van der Waals surface area contributed by atoms with Crippen LogP contribution in [0.25, 0.3) is 0 Å². The number of fused-ring (bicyclic) bond motifs is 1. The van der Waals surface area contributed by atoms with Crippen LogP contribution in [0.3, 0.4) is 0 Å². The van der Waals surface area contributed by atoms with Gasteiger partial charge in [0.25, 0.3) is 0 Å². The minimum atomic E-state index is 0.726. The predicted octanol–water partition coefficient (Wildman–Crippen LogP) is 2.39. The first-order valence-electron chi connectivity index (χ1n) is 3.59. The Hall–Kier alpha value is -1.44. The van der Waals surface area contributed by atoms with Crippen molar-refractivity contribution in [1.82, 2.24) is 0 Å². The van der Waals surface area contributed by atoms with E-state index in [1.54, 1.807) is 0 Å². The van der Waals surface area contributed by atoms with Crippen molar-refractivity contribution in [2.75, 3.05) is 6.54 Å². The lowest BCUT2D eigenvalue weighted by Crippen LogP contribution is -1.83. The van der Waals surface area contributed by atoms with Crippen LogP contribution >= 0.6 is 0 Å². The first kappa shape index (κ1) is 6.28. The summed E-state index contributed by atoms with van der Waals surface area (Å²) in [5, 5.41) is 7.92. The van der Waals surface area contributed by atoms with E-state index < -0.39 is 0 Å². The van der Waals surface area contributed by atoms with E-state index in [9.17, 15) is 0 Å². The van der Waals surface area contributed by atoms with Crippen LogP contribution in [0.2, 0.25) is 0 Å². The molecule has 2 rings (SSSR count). The van der Waals surface area contributed by atoms with E-state index in [0.717, 1.165) is 12.2 Å². The molecule has 0 bridgehead atoms. The molecule has 0 aromatic rings. The number of hydrogen-bond donors (Lipinski definition) is 0. The fourth-order valence-electron chi connectivity index (χ4n) is 1.06. The summed E-state index contributed by atoms with van der Waals surface area (Å²) in [4.78, 5) is 0. The summed E-state index contributed by atoms with van der Waals surface area (Å²) in [5.74, 6) is 0. The van der Waals surface area contributed by atoms with Gasteiger partial charge in [-0.3, -0.25) is 0 Å². The number of allylic oxidation sites excluding steroid dienone is 6. The van der Waals surface area contributed by atoms with Gasteiger partial charge in [-0.1, -0.05) is 30.4 Å². The van der Waals surface area contributed by atoms with Gasteiger partial charge in [-0.2, -0.15) is 10.2 Å². The Morgan fingerprint density at radius 2 is 1.82 bits per heavy atom. The van der Waals surface area contributed by atoms with Gasteiger partial charge < -0.3 is 0 Å². The predicted molar refractivity (Wildman–Crippen MR) is 44.2 cm³/mol. The largest absolute Gasteiger partial charge is 0.184 e. The van der Waals surface area contributed by atoms with E-state index in [1.807, 2.05) is 30.4 Å². The molecule has 0 unspecified atom stereocenters. The fourth-order valence-corrected chi connectivity index (χ4v) is 1.06. The lowest BCUT2D eigenvalue weighted by molar-refractivity contribution is 1.14. The highest BCUT2D eigenvalue weighted by Crippen LogP contribution is 2.20. The van der Waals surface area contributed by atoms with Gasteiger partial charge in [-0.25, -0.2) is 0 Å². The maximum Gasteiger partial charge on any atom is 0.0904 e. The van der Waals surface area contributed by atoms with Gasteiger partial charge in [0.1, 0.15) is 0 Å². The molecule has 2 aliphatic rings. The molecule has 1 aliphatic heterocycles. The SMILES string of the molecule is C1=C/C=C2\CN=N\C2=C\C=C1. The topological polar surface area (TPSA) is 24.7 Å². The van der Waals surface area contributed by atoms with Gasteiger partial charge in [-0.15, -0.1) is 0 Å². The monoisotopic (exact) mass is 144 g/mol. The summed E-state index contributed by atoms with van der Waals surface area (Å²) in [6.45, 7) is 0.726. The highest BCUT2D eigenvalue weighted by Gasteiger charge is 2.08. The fraction of sp³-hybridized carbons (Fsp3) is 0.111. The molecule has 0 aromatic heterocycles. The van der Waals surface area contributed by atoms with Gasteiger partial charge in [0.05, 0.1) is 12.2 Å². The lowest BCUT2D eigenvalue weighted by Gasteiger charge is -1.93. The van der Waals surface area contributed by atoms with Crippen LogP contribution < -0.4 is 0 Å². The Morgan fingerprint density at radius 1 is 1.00 bits per heavy atom. The highest BCUT2D eigenvalue weighted by atomic mass is 15.1. The molecule has 0 N–H and O–H groups in total. The van der Waals surface area contributed by atoms with E-state index in [4.69, 9.17) is 0 Å². The van der Waals surface area contributed by atoms with Crippen LogP contribution in [0.15, 0.2) is 58.0 Å². The van der Waals surface area contributed by atoms with Crippen LogP contribution in [-0.4, -0.2) is 6.54 Å². The van der Waals surface area contributed by atoms with Gasteiger partial charge in [0.2, 0.25) is 0 Å². The number of hydrogen-bond acceptors (Lipinski definition) is 2. The van der Waals surface area contributed by atoms with Crippen LogP contribution in [0.1, 0.15) is 0 Å². The molecule has 2 nitrogen and oxygen atoms in total. The summed E-state index contributed by atoms with van der Waals surface area (Å²) in [5.41, 5.74) is 2.19. The molecule has 11 heavy (non-hydrogen) atoms. The van der Waals surface area contributed by atoms with Crippen molar-refractivity contribution >= 4 is 0 Å². The van der Waals surface area contributed by atoms with E-state index in [1.165, 1.54) is 5.57 Å². The molecule has 1 heterocycles. The summed E-state index contributed by atoms with van der Waals surface area (Å²) < 4.78 is 0. The molecule has 54 valence electrons. The van der Waals surface area contributed by atoms with E-state index in [-0.39, 0.29) is 0 Å². The Balaban J connectivity index is 2.41. The average Bonchev–Trinajstić information content (AvgIpc) is 2.35. The summed E-state index contributed by atoms with van der Waals surface area (Å²) >= 11 is 0. The first-order valence-corrected chi connectivity index (χ1v) is 3.59. The van der Waals surface area contributed by atoms with E-state index in [0.29, 0.717) is 0 Å². The number of rotatable bonds is 0. The lowest BCUT2D eigenvalue weighted by atomic mass is 10.1. The first-order chi connectivity index (χ1) is 5.47. The van der Waals surface area contributed by atoms with Crippen molar-refractivity contribution < 1.29 is 0 Å². The minimum Gasteiger partial charge on any atom is -0.184 e. The molecule has 0 saturated heterocycles. The molecule has 0 amide bonds. The van der Waals surface area contributed by atoms with Gasteiger partial charge in [0.15, 0.2) is 0 Å². The second kappa shape index (κ2) is 2.66. The van der Waals surface area contributed by atoms with E-state index >= 15 is 0 Å². The van der Waals surface area contributed by atoms with Crippen LogP contribution in [0.4, 0.5) is 0 Å². The normalized spacial score (nSPS) is 29.8. The zero-order chi connectivity index (χ0) is 7.52. The summed E-state index contributed by atoms with van der Waals surface area (Å²) in [7, 11) is 0. The van der Waals surface area contributed by atoms with Gasteiger partial charge in [-0.05, 0) is 6.08 Å². The van der Waals surface area contributed by atoms with Crippen LogP contribution in [0, 0.1) is 0 Å². The number of azo groups is 1. The molecule has 0 spiro atoms. The standard InChI is InChI=1S/C9H8N2/c1-2-4-6-9-8(5-3-1)7-10-11-9/h1-6H,7H2/b2-1?,3-1?,4-2?,5-3?,6-4?,8-5+,9-6+. The third-order valence-electron chi connectivity index (χ3n) is 1.63. The molecule has 2 heteroatoms. The quantitative estimate of drug-likeness (QED) is 0.498. The van der Waals surface area contributed by atoms with Crippen LogP contribution in [-0.2, 0) is 0 Å². The van der Waals surface area contributed by atoms with Crippen molar-refractivity contribution in [3.05, 3.63) is 47.7 Å². The Labute approximate surface area is 65.3 Å². The van der Waals surface area contributed by atoms with Gasteiger partial charge in [0, 0.05) is 5.57 Å².